The van der Waals surface area contributed by atoms with Crippen molar-refractivity contribution in [2.45, 2.75) is 0 Å². The first kappa shape index (κ1) is 29.6. The van der Waals surface area contributed by atoms with E-state index in [1.807, 2.05) is 0 Å². The monoisotopic (exact) mass is 641 g/mol. The van der Waals surface area contributed by atoms with E-state index in [0.717, 1.165) is 22.7 Å². The summed E-state index contributed by atoms with van der Waals surface area (Å²) in [6, 6.07) is 69.7. The zero-order valence-electron chi connectivity index (χ0n) is 27.8. The van der Waals surface area contributed by atoms with Crippen LogP contribution in [-0.4, -0.2) is 7.05 Å². The summed E-state index contributed by atoms with van der Waals surface area (Å²) in [5, 5.41) is 2.43. The predicted octanol–water partition coefficient (Wildman–Crippen LogP) is 13.2. The molecule has 1 aliphatic rings. The Bertz CT molecular complexity index is 2430. The van der Waals surface area contributed by atoms with Crippen LogP contribution in [0.4, 0.5) is 45.5 Å². The SMILES string of the molecule is CN1c2ccccc2N(c2ccccc2)c2ccc(-c3ccc(N(c4ccc(-c5ccccc5)cc4)c4cccc5ccccc45)cc3)cc21. The molecule has 3 nitrogen and oxygen atoms in total. The van der Waals surface area contributed by atoms with E-state index in [1.165, 1.54) is 55.8 Å². The van der Waals surface area contributed by atoms with E-state index in [2.05, 4.69) is 216 Å². The first-order chi connectivity index (χ1) is 24.7. The van der Waals surface area contributed by atoms with Gasteiger partial charge >= 0.3 is 0 Å². The van der Waals surface area contributed by atoms with Gasteiger partial charge in [0, 0.05) is 29.5 Å². The molecule has 0 amide bonds. The van der Waals surface area contributed by atoms with E-state index in [4.69, 9.17) is 0 Å². The smallest absolute Gasteiger partial charge is 0.0700 e. The fourth-order valence-corrected chi connectivity index (χ4v) is 7.28. The molecule has 3 heteroatoms. The van der Waals surface area contributed by atoms with Gasteiger partial charge in [0.1, 0.15) is 0 Å². The molecule has 0 aromatic heterocycles. The summed E-state index contributed by atoms with van der Waals surface area (Å²) >= 11 is 0. The van der Waals surface area contributed by atoms with Crippen molar-refractivity contribution in [3.63, 3.8) is 0 Å². The maximum atomic E-state index is 2.37. The Kier molecular flexibility index (Phi) is 7.37. The number of hydrogen-bond donors (Lipinski definition) is 0. The van der Waals surface area contributed by atoms with Crippen LogP contribution in [0.1, 0.15) is 0 Å². The number of fused-ring (bicyclic) bond motifs is 3. The van der Waals surface area contributed by atoms with Crippen molar-refractivity contribution >= 4 is 56.3 Å². The van der Waals surface area contributed by atoms with Crippen molar-refractivity contribution in [1.82, 2.24) is 0 Å². The summed E-state index contributed by atoms with van der Waals surface area (Å²) < 4.78 is 0. The number of hydrogen-bond acceptors (Lipinski definition) is 3. The lowest BCUT2D eigenvalue weighted by atomic mass is 9.99. The highest BCUT2D eigenvalue weighted by atomic mass is 15.3. The summed E-state index contributed by atoms with van der Waals surface area (Å²) in [4.78, 5) is 7.04. The van der Waals surface area contributed by atoms with Crippen molar-refractivity contribution in [2.24, 2.45) is 0 Å². The Morgan fingerprint density at radius 3 is 1.62 bits per heavy atom. The van der Waals surface area contributed by atoms with Crippen LogP contribution in [0.3, 0.4) is 0 Å². The molecular formula is C47H35N3. The highest BCUT2D eigenvalue weighted by Gasteiger charge is 2.27. The van der Waals surface area contributed by atoms with Crippen LogP contribution >= 0.6 is 0 Å². The Balaban J connectivity index is 1.11. The summed E-state index contributed by atoms with van der Waals surface area (Å²) in [5.41, 5.74) is 14.0. The molecule has 0 saturated carbocycles. The van der Waals surface area contributed by atoms with Gasteiger partial charge in [0.25, 0.3) is 0 Å². The second-order valence-electron chi connectivity index (χ2n) is 12.7. The van der Waals surface area contributed by atoms with Crippen molar-refractivity contribution in [1.29, 1.82) is 0 Å². The van der Waals surface area contributed by atoms with E-state index in [-0.39, 0.29) is 0 Å². The standard InChI is InChI=1S/C47H35N3/c1-48-44-20-10-11-21-45(44)50(39-17-6-3-7-18-39)46-32-27-38(33-47(46)48)36-25-30-41(31-26-36)49(43-22-12-16-37-15-8-9-19-42(37)43)40-28-23-35(24-29-40)34-13-4-2-5-14-34/h2-33H,1H3. The van der Waals surface area contributed by atoms with Crippen molar-refractivity contribution in [3.05, 3.63) is 194 Å². The molecule has 1 heterocycles. The molecule has 0 fully saturated rings. The molecule has 0 aliphatic carbocycles. The quantitative estimate of drug-likeness (QED) is 0.179. The lowest BCUT2D eigenvalue weighted by Gasteiger charge is -2.38. The van der Waals surface area contributed by atoms with Crippen molar-refractivity contribution in [2.75, 3.05) is 21.7 Å². The van der Waals surface area contributed by atoms with Gasteiger partial charge in [-0.25, -0.2) is 0 Å². The number of para-hydroxylation sites is 3. The van der Waals surface area contributed by atoms with Crippen LogP contribution in [0.15, 0.2) is 194 Å². The molecule has 0 atom stereocenters. The zero-order valence-corrected chi connectivity index (χ0v) is 27.8. The Labute approximate surface area is 293 Å². The van der Waals surface area contributed by atoms with E-state index in [0.29, 0.717) is 0 Å². The fraction of sp³-hybridized carbons (Fsp3) is 0.0213. The first-order valence-electron chi connectivity index (χ1n) is 17.1. The molecule has 0 radical (unpaired) electrons. The third-order valence-electron chi connectivity index (χ3n) is 9.78. The average Bonchev–Trinajstić information content (AvgIpc) is 3.19. The summed E-state index contributed by atoms with van der Waals surface area (Å²) in [5.74, 6) is 0. The highest BCUT2D eigenvalue weighted by molar-refractivity contribution is 6.00. The number of nitrogens with zero attached hydrogens (tertiary/aromatic N) is 3. The van der Waals surface area contributed by atoms with Crippen molar-refractivity contribution in [3.8, 4) is 22.3 Å². The molecule has 8 aromatic carbocycles. The summed E-state index contributed by atoms with van der Waals surface area (Å²) in [7, 11) is 2.16. The fourth-order valence-electron chi connectivity index (χ4n) is 7.28. The van der Waals surface area contributed by atoms with Crippen LogP contribution in [0, 0.1) is 0 Å². The molecule has 0 N–H and O–H groups in total. The molecule has 0 spiro atoms. The minimum atomic E-state index is 1.11. The molecule has 9 rings (SSSR count). The van der Waals surface area contributed by atoms with Gasteiger partial charge < -0.3 is 14.7 Å². The molecule has 0 unspecified atom stereocenters. The highest BCUT2D eigenvalue weighted by Crippen LogP contribution is 2.51. The largest absolute Gasteiger partial charge is 0.341 e. The molecule has 1 aliphatic heterocycles. The number of rotatable bonds is 6. The van der Waals surface area contributed by atoms with E-state index in [1.54, 1.807) is 0 Å². The van der Waals surface area contributed by atoms with Gasteiger partial charge in [0.2, 0.25) is 0 Å². The van der Waals surface area contributed by atoms with E-state index >= 15 is 0 Å². The lowest BCUT2D eigenvalue weighted by Crippen LogP contribution is -2.24. The first-order valence-corrected chi connectivity index (χ1v) is 17.1. The molecule has 0 bridgehead atoms. The van der Waals surface area contributed by atoms with Gasteiger partial charge in [0.15, 0.2) is 0 Å². The Morgan fingerprint density at radius 1 is 0.380 bits per heavy atom. The van der Waals surface area contributed by atoms with Crippen LogP contribution < -0.4 is 14.7 Å². The van der Waals surface area contributed by atoms with Gasteiger partial charge in [-0.1, -0.05) is 127 Å². The topological polar surface area (TPSA) is 9.72 Å². The molecule has 238 valence electrons. The lowest BCUT2D eigenvalue weighted by molar-refractivity contribution is 1.13. The van der Waals surface area contributed by atoms with Crippen molar-refractivity contribution < 1.29 is 0 Å². The van der Waals surface area contributed by atoms with Crippen LogP contribution in [0.2, 0.25) is 0 Å². The van der Waals surface area contributed by atoms with E-state index in [9.17, 15) is 0 Å². The maximum Gasteiger partial charge on any atom is 0.0700 e. The summed E-state index contributed by atoms with van der Waals surface area (Å²) in [6.45, 7) is 0. The average molecular weight is 642 g/mol. The van der Waals surface area contributed by atoms with Gasteiger partial charge in [0.05, 0.1) is 28.4 Å². The normalized spacial score (nSPS) is 12.0. The molecule has 50 heavy (non-hydrogen) atoms. The van der Waals surface area contributed by atoms with Gasteiger partial charge in [-0.3, -0.25) is 0 Å². The molecular weight excluding hydrogens is 607 g/mol. The second-order valence-corrected chi connectivity index (χ2v) is 12.7. The maximum absolute atomic E-state index is 2.37. The number of anilines is 8. The third-order valence-corrected chi connectivity index (χ3v) is 9.78. The van der Waals surface area contributed by atoms with Crippen LogP contribution in [0.5, 0.6) is 0 Å². The predicted molar refractivity (Wildman–Crippen MR) is 212 cm³/mol. The molecule has 0 saturated heterocycles. The molecule has 8 aromatic rings. The van der Waals surface area contributed by atoms with Gasteiger partial charge in [-0.05, 0) is 94.4 Å². The van der Waals surface area contributed by atoms with E-state index < -0.39 is 0 Å². The minimum absolute atomic E-state index is 1.11. The van der Waals surface area contributed by atoms with Crippen LogP contribution in [-0.2, 0) is 0 Å². The number of benzene rings is 8. The zero-order chi connectivity index (χ0) is 33.4. The van der Waals surface area contributed by atoms with Gasteiger partial charge in [-0.2, -0.15) is 0 Å². The summed E-state index contributed by atoms with van der Waals surface area (Å²) in [6.07, 6.45) is 0. The Morgan fingerprint density at radius 2 is 0.900 bits per heavy atom. The van der Waals surface area contributed by atoms with Gasteiger partial charge in [-0.15, -0.1) is 0 Å². The second kappa shape index (κ2) is 12.5. The third kappa shape index (κ3) is 5.17. The minimum Gasteiger partial charge on any atom is -0.341 e. The Hall–Kier alpha value is -6.58. The van der Waals surface area contributed by atoms with Crippen LogP contribution in [0.25, 0.3) is 33.0 Å².